The number of nitrogens with zero attached hydrogens (tertiary/aromatic N) is 5. The van der Waals surface area contributed by atoms with Crippen molar-refractivity contribution < 1.29 is 28.7 Å². The van der Waals surface area contributed by atoms with Gasteiger partial charge in [-0.1, -0.05) is 182 Å². The summed E-state index contributed by atoms with van der Waals surface area (Å²) < 4.78 is 14.9. The Bertz CT molecular complexity index is 2600. The summed E-state index contributed by atoms with van der Waals surface area (Å²) in [5, 5.41) is 17.0. The molecule has 1 N–H and O–H groups in total. The standard InChI is InChI=1S/C49H43N6O6PS/c1-34(41(56)33-63-49-51-52-53-54(49)2)60-46-42(50-44(57)37-25-13-5-14-26-37)45(58)55(46)47(48(59)61-43(35-21-9-3-10-22-35)36-23-11-4-12-24-36)62(38-27-15-6-16-28-38,39-29-17-7-18-30-39)40-31-19-8-20-32-40/h3-32,34,42-43,46H,33H2,1-2H3,(H,50,57)/t34-,42-,46+/m0/s1. The number of β-lactam (4-membered cyclic amide) rings is 1. The van der Waals surface area contributed by atoms with Crippen molar-refractivity contribution in [3.63, 3.8) is 0 Å². The Labute approximate surface area is 369 Å². The normalized spacial score (nSPS) is 15.3. The minimum atomic E-state index is -3.45. The van der Waals surface area contributed by atoms with Crippen LogP contribution < -0.4 is 21.2 Å². The van der Waals surface area contributed by atoms with E-state index in [-0.39, 0.29) is 17.0 Å². The Morgan fingerprint density at radius 1 is 0.698 bits per heavy atom. The second-order valence-corrected chi connectivity index (χ2v) is 18.9. The van der Waals surface area contributed by atoms with Crippen LogP contribution in [0.5, 0.6) is 0 Å². The summed E-state index contributed by atoms with van der Waals surface area (Å²) in [6, 6.07) is 54.8. The van der Waals surface area contributed by atoms with Gasteiger partial charge in [-0.25, -0.2) is 9.48 Å². The molecule has 7 aromatic rings. The zero-order valence-corrected chi connectivity index (χ0v) is 36.1. The first-order valence-corrected chi connectivity index (χ1v) is 23.0. The van der Waals surface area contributed by atoms with Crippen LogP contribution in [0.3, 0.4) is 0 Å². The second kappa shape index (κ2) is 19.4. The minimum absolute atomic E-state index is 0.0161. The number of ketones is 1. The lowest BCUT2D eigenvalue weighted by atomic mass is 10.0. The number of ether oxygens (including phenoxy) is 2. The van der Waals surface area contributed by atoms with Crippen molar-refractivity contribution in [3.05, 3.63) is 199 Å². The molecule has 1 saturated heterocycles. The highest BCUT2D eigenvalue weighted by atomic mass is 32.2. The number of esters is 1. The largest absolute Gasteiger partial charge is 0.448 e. The fraction of sp³-hybridized carbons (Fsp3) is 0.143. The Morgan fingerprint density at radius 3 is 1.62 bits per heavy atom. The third-order valence-corrected chi connectivity index (χ3v) is 16.0. The van der Waals surface area contributed by atoms with Crippen molar-refractivity contribution in [3.8, 4) is 0 Å². The number of aryl methyl sites for hydroxylation is 1. The molecule has 0 bridgehead atoms. The number of carbonyl (C=O) groups is 4. The number of Topliss-reactive ketones (excluding diaryl/α,β-unsaturated/α-hetero) is 1. The molecule has 1 fully saturated rings. The van der Waals surface area contributed by atoms with Crippen molar-refractivity contribution in [2.75, 3.05) is 5.75 Å². The average molecular weight is 875 g/mol. The predicted octanol–water partition coefficient (Wildman–Crippen LogP) is 5.70. The van der Waals surface area contributed by atoms with Gasteiger partial charge in [-0.3, -0.25) is 19.3 Å². The Morgan fingerprint density at radius 2 is 1.16 bits per heavy atom. The summed E-state index contributed by atoms with van der Waals surface area (Å²) in [7, 11) is 1.67. The van der Waals surface area contributed by atoms with Crippen LogP contribution in [0.25, 0.3) is 0 Å². The number of nitrogens with one attached hydrogen (secondary N) is 1. The van der Waals surface area contributed by atoms with Crippen molar-refractivity contribution in [1.29, 1.82) is 0 Å². The smallest absolute Gasteiger partial charge is 0.357 e. The van der Waals surface area contributed by atoms with E-state index in [4.69, 9.17) is 9.47 Å². The number of carbonyl (C=O) groups excluding carboxylic acids is 4. The lowest BCUT2D eigenvalue weighted by Crippen LogP contribution is -2.75. The highest BCUT2D eigenvalue weighted by Gasteiger charge is 2.56. The highest BCUT2D eigenvalue weighted by molar-refractivity contribution is 7.99. The van der Waals surface area contributed by atoms with Gasteiger partial charge in [0, 0.05) is 19.5 Å². The monoisotopic (exact) mass is 874 g/mol. The van der Waals surface area contributed by atoms with E-state index in [0.717, 1.165) is 27.7 Å². The number of tetrazole rings is 1. The SMILES string of the molecule is C[C@H](O[C@@H]1[C@@H](NC(=O)c2ccccc2)C(=O)N1C(C(=O)OC(c1ccccc1)c1ccccc1)=P(c1ccccc1)(c1ccccc1)c1ccccc1)C(=O)CSc1nnnn1C. The maximum atomic E-state index is 16.0. The third kappa shape index (κ3) is 8.90. The van der Waals surface area contributed by atoms with Crippen LogP contribution in [0.2, 0.25) is 0 Å². The number of likely N-dealkylation sites (tertiary alicyclic amines) is 1. The van der Waals surface area contributed by atoms with Gasteiger partial charge in [-0.15, -0.1) is 5.10 Å². The molecule has 3 atom stereocenters. The average Bonchev–Trinajstić information content (AvgIpc) is 3.76. The molecule has 0 spiro atoms. The quantitative estimate of drug-likeness (QED) is 0.0556. The maximum absolute atomic E-state index is 16.0. The summed E-state index contributed by atoms with van der Waals surface area (Å²) in [6.07, 6.45) is -3.35. The number of rotatable bonds is 16. The highest BCUT2D eigenvalue weighted by Crippen LogP contribution is 2.49. The fourth-order valence-electron chi connectivity index (χ4n) is 7.57. The van der Waals surface area contributed by atoms with Crippen LogP contribution >= 0.6 is 18.6 Å². The molecule has 0 saturated carbocycles. The van der Waals surface area contributed by atoms with E-state index in [1.54, 1.807) is 44.3 Å². The van der Waals surface area contributed by atoms with Gasteiger partial charge in [-0.2, -0.15) is 0 Å². The topological polar surface area (TPSA) is 146 Å². The van der Waals surface area contributed by atoms with Gasteiger partial charge < -0.3 is 14.8 Å². The lowest BCUT2D eigenvalue weighted by Gasteiger charge is -2.49. The molecule has 1 aliphatic heterocycles. The molecular weight excluding hydrogens is 832 g/mol. The first-order chi connectivity index (χ1) is 30.8. The summed E-state index contributed by atoms with van der Waals surface area (Å²) in [4.78, 5) is 60.2. The van der Waals surface area contributed by atoms with Crippen molar-refractivity contribution in [2.45, 2.75) is 36.6 Å². The molecule has 316 valence electrons. The molecule has 12 nitrogen and oxygen atoms in total. The minimum Gasteiger partial charge on any atom is -0.448 e. The molecule has 6 aromatic carbocycles. The third-order valence-electron chi connectivity index (χ3n) is 10.7. The summed E-state index contributed by atoms with van der Waals surface area (Å²) in [5.74, 6) is -2.31. The van der Waals surface area contributed by atoms with E-state index in [1.807, 2.05) is 152 Å². The Balaban J connectivity index is 1.35. The van der Waals surface area contributed by atoms with E-state index < -0.39 is 49.1 Å². The zero-order valence-electron chi connectivity index (χ0n) is 34.4. The van der Waals surface area contributed by atoms with Crippen molar-refractivity contribution in [1.82, 2.24) is 30.4 Å². The van der Waals surface area contributed by atoms with Gasteiger partial charge in [0.05, 0.1) is 5.75 Å². The summed E-state index contributed by atoms with van der Waals surface area (Å²) >= 11 is 1.14. The lowest BCUT2D eigenvalue weighted by molar-refractivity contribution is -0.180. The zero-order chi connectivity index (χ0) is 43.8. The van der Waals surface area contributed by atoms with E-state index in [1.165, 1.54) is 9.58 Å². The van der Waals surface area contributed by atoms with Gasteiger partial charge in [0.25, 0.3) is 11.8 Å². The van der Waals surface area contributed by atoms with Gasteiger partial charge in [-0.05, 0) is 56.5 Å². The Hall–Kier alpha value is -6.92. The Kier molecular flexibility index (Phi) is 13.2. The van der Waals surface area contributed by atoms with Gasteiger partial charge in [0.2, 0.25) is 5.16 Å². The van der Waals surface area contributed by atoms with Crippen LogP contribution in [0.15, 0.2) is 187 Å². The first-order valence-electron chi connectivity index (χ1n) is 20.2. The second-order valence-electron chi connectivity index (χ2n) is 14.6. The van der Waals surface area contributed by atoms with Crippen LogP contribution in [0.4, 0.5) is 0 Å². The van der Waals surface area contributed by atoms with Gasteiger partial charge in [0.1, 0.15) is 11.5 Å². The maximum Gasteiger partial charge on any atom is 0.357 e. The molecule has 1 aromatic heterocycles. The number of amides is 2. The molecule has 0 aliphatic carbocycles. The van der Waals surface area contributed by atoms with Crippen molar-refractivity contribution >= 4 is 63.5 Å². The molecule has 2 heterocycles. The number of hydrogen-bond donors (Lipinski definition) is 1. The molecule has 1 aliphatic rings. The predicted molar refractivity (Wildman–Crippen MR) is 244 cm³/mol. The van der Waals surface area contributed by atoms with E-state index >= 15 is 9.59 Å². The van der Waals surface area contributed by atoms with Gasteiger partial charge >= 0.3 is 5.97 Å². The number of aromatic nitrogens is 4. The molecule has 14 heteroatoms. The molecule has 63 heavy (non-hydrogen) atoms. The van der Waals surface area contributed by atoms with Crippen molar-refractivity contribution in [2.24, 2.45) is 7.05 Å². The fourth-order valence-corrected chi connectivity index (χ4v) is 12.7. The van der Waals surface area contributed by atoms with Crippen LogP contribution in [-0.2, 0) is 30.9 Å². The molecule has 8 rings (SSSR count). The first kappa shape index (κ1) is 42.8. The number of thioether (sulfide) groups is 1. The van der Waals surface area contributed by atoms with E-state index in [0.29, 0.717) is 21.8 Å². The van der Waals surface area contributed by atoms with E-state index in [2.05, 4.69) is 20.8 Å². The molecule has 2 amide bonds. The van der Waals surface area contributed by atoms with E-state index in [9.17, 15) is 9.59 Å². The van der Waals surface area contributed by atoms with Crippen LogP contribution in [0.1, 0.15) is 34.5 Å². The number of benzene rings is 6. The number of hydrogen-bond acceptors (Lipinski definition) is 10. The van der Waals surface area contributed by atoms with Crippen LogP contribution in [0, 0.1) is 0 Å². The summed E-state index contributed by atoms with van der Waals surface area (Å²) in [5.41, 5.74) is 1.76. The molecular formula is C49H43N6O6PS. The van der Waals surface area contributed by atoms with Crippen LogP contribution in [-0.4, -0.2) is 78.2 Å². The van der Waals surface area contributed by atoms with Gasteiger partial charge in [0.15, 0.2) is 24.2 Å². The molecule has 0 unspecified atom stereocenters. The molecule has 0 radical (unpaired) electrons. The summed E-state index contributed by atoms with van der Waals surface area (Å²) in [6.45, 7) is -1.87.